The standard InChI is InChI=1S/C25H24FN3O3.ClH/c26-18-6-3-16(4-7-18)22-10-5-17-14-20(9-11-23(17)32-22)31-24-12-8-19(15-28-24)29-25(30)21-2-1-13-27-21;/h3-4,6-9,11-12,14-15,21-22,27H,1-2,5,10,13H2,(H,29,30);1H/t21-,22?;/m0./s1. The van der Waals surface area contributed by atoms with E-state index in [9.17, 15) is 9.18 Å². The number of nitrogens with one attached hydrogen (secondary N) is 2. The van der Waals surface area contributed by atoms with E-state index in [2.05, 4.69) is 15.6 Å². The predicted molar refractivity (Wildman–Crippen MR) is 126 cm³/mol. The van der Waals surface area contributed by atoms with Crippen LogP contribution in [0, 0.1) is 5.82 Å². The molecule has 0 radical (unpaired) electrons. The van der Waals surface area contributed by atoms with E-state index in [1.807, 2.05) is 18.2 Å². The zero-order chi connectivity index (χ0) is 21.9. The molecule has 2 atom stereocenters. The van der Waals surface area contributed by atoms with Crippen LogP contribution in [0.3, 0.4) is 0 Å². The summed E-state index contributed by atoms with van der Waals surface area (Å²) < 4.78 is 25.2. The molecule has 1 saturated heterocycles. The lowest BCUT2D eigenvalue weighted by atomic mass is 9.97. The number of halogens is 2. The third-order valence-corrected chi connectivity index (χ3v) is 5.82. The first-order valence-electron chi connectivity index (χ1n) is 10.9. The third kappa shape index (κ3) is 5.43. The topological polar surface area (TPSA) is 72.5 Å². The summed E-state index contributed by atoms with van der Waals surface area (Å²) in [6.45, 7) is 0.877. The first kappa shape index (κ1) is 23.0. The summed E-state index contributed by atoms with van der Waals surface area (Å²) in [6, 6.07) is 15.5. The lowest BCUT2D eigenvalue weighted by molar-refractivity contribution is -0.117. The summed E-state index contributed by atoms with van der Waals surface area (Å²) in [5.41, 5.74) is 2.67. The van der Waals surface area contributed by atoms with E-state index in [0.717, 1.165) is 49.1 Å². The van der Waals surface area contributed by atoms with E-state index in [1.54, 1.807) is 30.5 Å². The average molecular weight is 470 g/mol. The van der Waals surface area contributed by atoms with Crippen LogP contribution in [0.15, 0.2) is 60.8 Å². The van der Waals surface area contributed by atoms with Crippen molar-refractivity contribution in [3.8, 4) is 17.4 Å². The molecule has 2 N–H and O–H groups in total. The molecule has 2 aromatic carbocycles. The van der Waals surface area contributed by atoms with Crippen LogP contribution in [0.5, 0.6) is 17.4 Å². The summed E-state index contributed by atoms with van der Waals surface area (Å²) >= 11 is 0. The van der Waals surface area contributed by atoms with Crippen molar-refractivity contribution in [3.05, 3.63) is 77.7 Å². The molecule has 8 heteroatoms. The number of hydrogen-bond acceptors (Lipinski definition) is 5. The minimum absolute atomic E-state index is 0. The number of nitrogens with zero attached hydrogens (tertiary/aromatic N) is 1. The summed E-state index contributed by atoms with van der Waals surface area (Å²) in [4.78, 5) is 16.5. The minimum Gasteiger partial charge on any atom is -0.485 e. The van der Waals surface area contributed by atoms with Crippen molar-refractivity contribution in [2.45, 2.75) is 37.8 Å². The number of carbonyl (C=O) groups excluding carboxylic acids is 1. The van der Waals surface area contributed by atoms with E-state index in [0.29, 0.717) is 17.3 Å². The minimum atomic E-state index is -0.249. The molecule has 0 bridgehead atoms. The van der Waals surface area contributed by atoms with Gasteiger partial charge in [-0.05, 0) is 79.8 Å². The first-order chi connectivity index (χ1) is 15.6. The fraction of sp³-hybridized carbons (Fsp3) is 0.280. The highest BCUT2D eigenvalue weighted by Crippen LogP contribution is 2.37. The second-order valence-corrected chi connectivity index (χ2v) is 8.09. The first-order valence-corrected chi connectivity index (χ1v) is 10.9. The summed E-state index contributed by atoms with van der Waals surface area (Å²) in [6.07, 6.45) is 5.03. The number of fused-ring (bicyclic) bond motifs is 1. The molecular weight excluding hydrogens is 445 g/mol. The number of rotatable bonds is 5. The molecule has 3 aromatic rings. The number of aryl methyl sites for hydroxylation is 1. The van der Waals surface area contributed by atoms with Gasteiger partial charge < -0.3 is 20.1 Å². The van der Waals surface area contributed by atoms with Gasteiger partial charge in [-0.3, -0.25) is 4.79 Å². The van der Waals surface area contributed by atoms with Crippen LogP contribution in [-0.4, -0.2) is 23.5 Å². The average Bonchev–Trinajstić information content (AvgIpc) is 3.36. The van der Waals surface area contributed by atoms with Gasteiger partial charge in [-0.25, -0.2) is 9.37 Å². The molecule has 172 valence electrons. The Morgan fingerprint density at radius 1 is 1.12 bits per heavy atom. The van der Waals surface area contributed by atoms with Crippen LogP contribution in [0.2, 0.25) is 0 Å². The number of hydrogen-bond donors (Lipinski definition) is 2. The largest absolute Gasteiger partial charge is 0.485 e. The Morgan fingerprint density at radius 3 is 2.70 bits per heavy atom. The van der Waals surface area contributed by atoms with Crippen LogP contribution >= 0.6 is 12.4 Å². The van der Waals surface area contributed by atoms with Gasteiger partial charge in [0, 0.05) is 6.07 Å². The van der Waals surface area contributed by atoms with Crippen molar-refractivity contribution in [2.24, 2.45) is 0 Å². The van der Waals surface area contributed by atoms with E-state index >= 15 is 0 Å². The molecule has 2 aliphatic heterocycles. The van der Waals surface area contributed by atoms with Crippen molar-refractivity contribution < 1.29 is 18.7 Å². The number of benzene rings is 2. The molecule has 1 unspecified atom stereocenters. The second-order valence-electron chi connectivity index (χ2n) is 8.09. The number of carbonyl (C=O) groups is 1. The summed E-state index contributed by atoms with van der Waals surface area (Å²) in [5, 5.41) is 6.06. The number of aromatic nitrogens is 1. The SMILES string of the molecule is Cl.O=C(Nc1ccc(Oc2ccc3c(c2)CCC(c2ccc(F)cc2)O3)nc1)[C@@H]1CCCN1. The molecule has 3 heterocycles. The predicted octanol–water partition coefficient (Wildman–Crippen LogP) is 5.19. The molecule has 0 aliphatic carbocycles. The van der Waals surface area contributed by atoms with Crippen LogP contribution in [0.1, 0.15) is 36.5 Å². The Kier molecular flexibility index (Phi) is 7.11. The Morgan fingerprint density at radius 2 is 1.97 bits per heavy atom. The Balaban J connectivity index is 0.00000259. The van der Waals surface area contributed by atoms with Crippen molar-refractivity contribution in [1.82, 2.24) is 10.3 Å². The number of amides is 1. The van der Waals surface area contributed by atoms with Crippen LogP contribution < -0.4 is 20.1 Å². The van der Waals surface area contributed by atoms with Crippen molar-refractivity contribution in [2.75, 3.05) is 11.9 Å². The molecule has 33 heavy (non-hydrogen) atoms. The van der Waals surface area contributed by atoms with Gasteiger partial charge in [0.2, 0.25) is 11.8 Å². The Bertz CT molecular complexity index is 1100. The van der Waals surface area contributed by atoms with Gasteiger partial charge in [0.25, 0.3) is 0 Å². The fourth-order valence-corrected chi connectivity index (χ4v) is 4.11. The van der Waals surface area contributed by atoms with E-state index < -0.39 is 0 Å². The lowest BCUT2D eigenvalue weighted by Crippen LogP contribution is -2.35. The molecule has 1 aromatic heterocycles. The third-order valence-electron chi connectivity index (χ3n) is 5.82. The summed E-state index contributed by atoms with van der Waals surface area (Å²) in [5.74, 6) is 1.65. The van der Waals surface area contributed by atoms with Gasteiger partial charge in [-0.1, -0.05) is 12.1 Å². The van der Waals surface area contributed by atoms with Gasteiger partial charge in [0.15, 0.2) is 0 Å². The lowest BCUT2D eigenvalue weighted by Gasteiger charge is -2.26. The van der Waals surface area contributed by atoms with Crippen LogP contribution in [0.25, 0.3) is 0 Å². The highest BCUT2D eigenvalue weighted by molar-refractivity contribution is 5.94. The van der Waals surface area contributed by atoms with Crippen molar-refractivity contribution >= 4 is 24.0 Å². The highest BCUT2D eigenvalue weighted by Gasteiger charge is 2.23. The molecule has 1 fully saturated rings. The fourth-order valence-electron chi connectivity index (χ4n) is 4.11. The maximum absolute atomic E-state index is 13.2. The Labute approximate surface area is 197 Å². The molecule has 2 aliphatic rings. The zero-order valence-corrected chi connectivity index (χ0v) is 18.7. The molecule has 0 spiro atoms. The van der Waals surface area contributed by atoms with Gasteiger partial charge in [0.05, 0.1) is 17.9 Å². The Hall–Kier alpha value is -3.16. The number of anilines is 1. The molecule has 0 saturated carbocycles. The monoisotopic (exact) mass is 469 g/mol. The zero-order valence-electron chi connectivity index (χ0n) is 17.9. The highest BCUT2D eigenvalue weighted by atomic mass is 35.5. The number of pyridine rings is 1. The molecular formula is C25H25ClFN3O3. The maximum Gasteiger partial charge on any atom is 0.241 e. The quantitative estimate of drug-likeness (QED) is 0.538. The van der Waals surface area contributed by atoms with Gasteiger partial charge in [0.1, 0.15) is 23.4 Å². The maximum atomic E-state index is 13.2. The second kappa shape index (κ2) is 10.2. The van der Waals surface area contributed by atoms with Gasteiger partial charge >= 0.3 is 0 Å². The van der Waals surface area contributed by atoms with E-state index in [1.165, 1.54) is 12.1 Å². The van der Waals surface area contributed by atoms with Crippen molar-refractivity contribution in [3.63, 3.8) is 0 Å². The number of ether oxygens (including phenoxy) is 2. The van der Waals surface area contributed by atoms with Crippen molar-refractivity contribution in [1.29, 1.82) is 0 Å². The van der Waals surface area contributed by atoms with Crippen LogP contribution in [0.4, 0.5) is 10.1 Å². The van der Waals surface area contributed by atoms with Gasteiger partial charge in [-0.15, -0.1) is 12.4 Å². The smallest absolute Gasteiger partial charge is 0.241 e. The molecule has 5 rings (SSSR count). The van der Waals surface area contributed by atoms with Gasteiger partial charge in [-0.2, -0.15) is 0 Å². The normalized spacial score (nSPS) is 19.1. The van der Waals surface area contributed by atoms with E-state index in [4.69, 9.17) is 9.47 Å². The van der Waals surface area contributed by atoms with Crippen LogP contribution in [-0.2, 0) is 11.2 Å². The van der Waals surface area contributed by atoms with E-state index in [-0.39, 0.29) is 36.3 Å². The molecule has 1 amide bonds. The molecule has 6 nitrogen and oxygen atoms in total. The summed E-state index contributed by atoms with van der Waals surface area (Å²) in [7, 11) is 0.